The van der Waals surface area contributed by atoms with Gasteiger partial charge in [0.25, 0.3) is 0 Å². The number of nitrogens with zero attached hydrogens (tertiary/aromatic N) is 2. The van der Waals surface area contributed by atoms with Gasteiger partial charge in [-0.25, -0.2) is 4.39 Å². The number of hydrogen-bond acceptors (Lipinski definition) is 2. The van der Waals surface area contributed by atoms with Gasteiger partial charge in [0.05, 0.1) is 12.1 Å². The average Bonchev–Trinajstić information content (AvgIpc) is 2.44. The molecule has 1 aliphatic rings. The highest BCUT2D eigenvalue weighted by molar-refractivity contribution is 5.10. The lowest BCUT2D eigenvalue weighted by molar-refractivity contribution is 0.365. The highest BCUT2D eigenvalue weighted by atomic mass is 19.1. The van der Waals surface area contributed by atoms with Crippen molar-refractivity contribution in [1.82, 2.24) is 0 Å². The van der Waals surface area contributed by atoms with E-state index in [0.717, 1.165) is 0 Å². The van der Waals surface area contributed by atoms with Crippen LogP contribution in [0.3, 0.4) is 0 Å². The zero-order valence-corrected chi connectivity index (χ0v) is 5.47. The van der Waals surface area contributed by atoms with Crippen molar-refractivity contribution in [2.75, 3.05) is 0 Å². The van der Waals surface area contributed by atoms with Crippen molar-refractivity contribution in [2.45, 2.75) is 25.4 Å². The topological polar surface area (TPSA) is 47.6 Å². The molecular weight excluding hydrogens is 131 g/mol. The fraction of sp³-hybridized carbons (Fsp3) is 0.714. The van der Waals surface area contributed by atoms with E-state index in [1.54, 1.807) is 0 Å². The molecular formula is C7H7FN2. The first-order valence-electron chi connectivity index (χ1n) is 3.13. The van der Waals surface area contributed by atoms with Gasteiger partial charge in [-0.1, -0.05) is 0 Å². The lowest BCUT2D eigenvalue weighted by Crippen LogP contribution is -2.01. The number of alkyl halides is 1. The SMILES string of the molecule is N#CCC1(CC#N)CC1F. The molecule has 2 nitrogen and oxygen atoms in total. The van der Waals surface area contributed by atoms with Gasteiger partial charge >= 0.3 is 0 Å². The smallest absolute Gasteiger partial charge is 0.108 e. The van der Waals surface area contributed by atoms with Crippen LogP contribution in [0.25, 0.3) is 0 Å². The molecule has 0 radical (unpaired) electrons. The molecule has 1 rings (SSSR count). The minimum absolute atomic E-state index is 0.182. The quantitative estimate of drug-likeness (QED) is 0.581. The van der Waals surface area contributed by atoms with Crippen LogP contribution in [0.1, 0.15) is 19.3 Å². The van der Waals surface area contributed by atoms with E-state index in [0.29, 0.717) is 6.42 Å². The summed E-state index contributed by atoms with van der Waals surface area (Å²) in [6.07, 6.45) is -0.149. The van der Waals surface area contributed by atoms with Gasteiger partial charge in [-0.3, -0.25) is 0 Å². The standard InChI is InChI=1S/C7H7FN2/c8-6-5-7(6,1-3-9)2-4-10/h6H,1-2,5H2. The van der Waals surface area contributed by atoms with Crippen LogP contribution in [0.15, 0.2) is 0 Å². The second-order valence-corrected chi connectivity index (χ2v) is 2.70. The highest BCUT2D eigenvalue weighted by Gasteiger charge is 2.54. The Hall–Kier alpha value is -1.09. The van der Waals surface area contributed by atoms with Crippen LogP contribution in [0.2, 0.25) is 0 Å². The molecule has 1 saturated carbocycles. The molecule has 0 aliphatic heterocycles. The molecule has 1 aliphatic carbocycles. The first-order chi connectivity index (χ1) is 4.75. The summed E-state index contributed by atoms with van der Waals surface area (Å²) in [5.41, 5.74) is -0.580. The molecule has 0 heterocycles. The fourth-order valence-electron chi connectivity index (χ4n) is 1.04. The summed E-state index contributed by atoms with van der Waals surface area (Å²) >= 11 is 0. The second-order valence-electron chi connectivity index (χ2n) is 2.70. The van der Waals surface area contributed by atoms with E-state index in [2.05, 4.69) is 0 Å². The van der Waals surface area contributed by atoms with Crippen LogP contribution < -0.4 is 0 Å². The van der Waals surface area contributed by atoms with Crippen LogP contribution in [0.4, 0.5) is 4.39 Å². The lowest BCUT2D eigenvalue weighted by Gasteiger charge is -2.01. The van der Waals surface area contributed by atoms with E-state index in [1.165, 1.54) is 0 Å². The van der Waals surface area contributed by atoms with E-state index in [-0.39, 0.29) is 12.8 Å². The van der Waals surface area contributed by atoms with E-state index in [1.807, 2.05) is 12.1 Å². The molecule has 1 unspecified atom stereocenters. The molecule has 0 aromatic carbocycles. The first kappa shape index (κ1) is 7.02. The molecule has 0 saturated heterocycles. The molecule has 1 atom stereocenters. The molecule has 1 fully saturated rings. The third-order valence-corrected chi connectivity index (χ3v) is 1.95. The molecule has 0 spiro atoms. The average molecular weight is 138 g/mol. The number of halogens is 1. The predicted octanol–water partition coefficient (Wildman–Crippen LogP) is 1.54. The maximum absolute atomic E-state index is 12.5. The van der Waals surface area contributed by atoms with Gasteiger partial charge in [0.1, 0.15) is 6.17 Å². The Labute approximate surface area is 58.9 Å². The largest absolute Gasteiger partial charge is 0.247 e. The van der Waals surface area contributed by atoms with Gasteiger partial charge in [0.2, 0.25) is 0 Å². The molecule has 0 aromatic heterocycles. The van der Waals surface area contributed by atoms with E-state index < -0.39 is 11.6 Å². The van der Waals surface area contributed by atoms with Crippen LogP contribution >= 0.6 is 0 Å². The monoisotopic (exact) mass is 138 g/mol. The summed E-state index contributed by atoms with van der Waals surface area (Å²) in [7, 11) is 0. The third kappa shape index (κ3) is 0.953. The zero-order valence-electron chi connectivity index (χ0n) is 5.47. The summed E-state index contributed by atoms with van der Waals surface area (Å²) in [4.78, 5) is 0. The molecule has 0 bridgehead atoms. The molecule has 0 N–H and O–H groups in total. The second kappa shape index (κ2) is 2.27. The molecule has 0 amide bonds. The maximum atomic E-state index is 12.5. The summed E-state index contributed by atoms with van der Waals surface area (Å²) in [5.74, 6) is 0. The Balaban J connectivity index is 2.50. The van der Waals surface area contributed by atoms with Crippen molar-refractivity contribution < 1.29 is 4.39 Å². The highest BCUT2D eigenvalue weighted by Crippen LogP contribution is 2.53. The van der Waals surface area contributed by atoms with Gasteiger partial charge in [-0.05, 0) is 6.42 Å². The Bertz CT molecular complexity index is 195. The Kier molecular flexibility index (Phi) is 1.59. The van der Waals surface area contributed by atoms with Crippen LogP contribution in [0, 0.1) is 28.1 Å². The number of hydrogen-bond donors (Lipinski definition) is 0. The van der Waals surface area contributed by atoms with Crippen LogP contribution in [-0.4, -0.2) is 6.17 Å². The van der Waals surface area contributed by atoms with E-state index >= 15 is 0 Å². The third-order valence-electron chi connectivity index (χ3n) is 1.95. The summed E-state index contributed by atoms with van der Waals surface area (Å²) in [5, 5.41) is 16.5. The van der Waals surface area contributed by atoms with Crippen molar-refractivity contribution in [3.05, 3.63) is 0 Å². The normalized spacial score (nSPS) is 26.5. The molecule has 0 aromatic rings. The van der Waals surface area contributed by atoms with Crippen molar-refractivity contribution in [3.63, 3.8) is 0 Å². The van der Waals surface area contributed by atoms with Crippen molar-refractivity contribution in [2.24, 2.45) is 5.41 Å². The lowest BCUT2D eigenvalue weighted by atomic mass is 10.00. The van der Waals surface area contributed by atoms with Gasteiger partial charge in [-0.2, -0.15) is 10.5 Å². The van der Waals surface area contributed by atoms with Gasteiger partial charge in [0, 0.05) is 18.3 Å². The Morgan fingerprint density at radius 1 is 1.40 bits per heavy atom. The van der Waals surface area contributed by atoms with Gasteiger partial charge < -0.3 is 0 Å². The summed E-state index contributed by atoms with van der Waals surface area (Å²) in [6, 6.07) is 3.79. The van der Waals surface area contributed by atoms with Crippen LogP contribution in [0.5, 0.6) is 0 Å². The van der Waals surface area contributed by atoms with Crippen molar-refractivity contribution in [3.8, 4) is 12.1 Å². The molecule has 3 heteroatoms. The predicted molar refractivity (Wildman–Crippen MR) is 32.4 cm³/mol. The molecule has 10 heavy (non-hydrogen) atoms. The van der Waals surface area contributed by atoms with Crippen molar-refractivity contribution in [1.29, 1.82) is 10.5 Å². The summed E-state index contributed by atoms with van der Waals surface area (Å²) < 4.78 is 12.5. The van der Waals surface area contributed by atoms with Gasteiger partial charge in [0.15, 0.2) is 0 Å². The minimum atomic E-state index is -0.910. The van der Waals surface area contributed by atoms with Gasteiger partial charge in [-0.15, -0.1) is 0 Å². The first-order valence-corrected chi connectivity index (χ1v) is 3.13. The summed E-state index contributed by atoms with van der Waals surface area (Å²) in [6.45, 7) is 0. The van der Waals surface area contributed by atoms with Crippen LogP contribution in [-0.2, 0) is 0 Å². The Morgan fingerprint density at radius 3 is 2.00 bits per heavy atom. The maximum Gasteiger partial charge on any atom is 0.108 e. The number of nitriles is 2. The molecule has 52 valence electrons. The fourth-order valence-corrected chi connectivity index (χ4v) is 1.04. The van der Waals surface area contributed by atoms with E-state index in [9.17, 15) is 4.39 Å². The zero-order chi connectivity index (χ0) is 7.61. The minimum Gasteiger partial charge on any atom is -0.247 e. The van der Waals surface area contributed by atoms with Crippen molar-refractivity contribution >= 4 is 0 Å². The Morgan fingerprint density at radius 2 is 1.80 bits per heavy atom. The number of rotatable bonds is 2. The van der Waals surface area contributed by atoms with E-state index in [4.69, 9.17) is 10.5 Å².